The molecule has 0 saturated carbocycles. The number of carbonyl (C=O) groups is 2. The Labute approximate surface area is 113 Å². The molecule has 1 aliphatic heterocycles. The quantitative estimate of drug-likeness (QED) is 0.678. The number of aliphatic carboxylic acids is 1. The van der Waals surface area contributed by atoms with Crippen LogP contribution in [0.3, 0.4) is 0 Å². The molecule has 0 aromatic rings. The maximum atomic E-state index is 11.7. The van der Waals surface area contributed by atoms with Gasteiger partial charge in [0.25, 0.3) is 0 Å². The van der Waals surface area contributed by atoms with Gasteiger partial charge >= 0.3 is 12.0 Å². The molecule has 0 aromatic carbocycles. The van der Waals surface area contributed by atoms with Crippen molar-refractivity contribution in [3.63, 3.8) is 0 Å². The third kappa shape index (κ3) is 4.38. The van der Waals surface area contributed by atoms with E-state index in [1.54, 1.807) is 13.8 Å². The predicted octanol–water partition coefficient (Wildman–Crippen LogP) is 1.21. The largest absolute Gasteiger partial charge is 0.481 e. The molecule has 0 aromatic heterocycles. The van der Waals surface area contributed by atoms with Gasteiger partial charge in [0.2, 0.25) is 0 Å². The minimum atomic E-state index is -0.920. The third-order valence-corrected chi connectivity index (χ3v) is 3.97. The minimum absolute atomic E-state index is 0.0280. The van der Waals surface area contributed by atoms with E-state index in [0.29, 0.717) is 18.9 Å². The fraction of sp³-hybridized carbons (Fsp3) is 0.846. The van der Waals surface area contributed by atoms with Crippen molar-refractivity contribution in [1.29, 1.82) is 0 Å². The molecule has 1 aliphatic rings. The van der Waals surface area contributed by atoms with E-state index >= 15 is 0 Å². The average molecular weight is 272 g/mol. The molecule has 6 heteroatoms. The van der Waals surface area contributed by atoms with Crippen molar-refractivity contribution in [2.45, 2.75) is 39.7 Å². The van der Waals surface area contributed by atoms with Gasteiger partial charge in [0, 0.05) is 25.1 Å². The van der Waals surface area contributed by atoms with Crippen molar-refractivity contribution in [2.75, 3.05) is 19.8 Å². The number of amides is 2. The van der Waals surface area contributed by atoms with Crippen molar-refractivity contribution in [1.82, 2.24) is 10.6 Å². The fourth-order valence-corrected chi connectivity index (χ4v) is 1.95. The van der Waals surface area contributed by atoms with Gasteiger partial charge in [-0.3, -0.25) is 4.79 Å². The molecule has 6 nitrogen and oxygen atoms in total. The van der Waals surface area contributed by atoms with Crippen LogP contribution in [0.4, 0.5) is 4.79 Å². The molecule has 3 atom stereocenters. The number of hydrogen-bond donors (Lipinski definition) is 3. The molecule has 0 radical (unpaired) electrons. The van der Waals surface area contributed by atoms with Gasteiger partial charge in [0.1, 0.15) is 0 Å². The summed E-state index contributed by atoms with van der Waals surface area (Å²) in [6, 6.07) is -0.291. The van der Waals surface area contributed by atoms with Crippen LogP contribution in [0, 0.1) is 11.3 Å². The van der Waals surface area contributed by atoms with Gasteiger partial charge < -0.3 is 20.5 Å². The summed E-state index contributed by atoms with van der Waals surface area (Å²) in [6.45, 7) is 6.90. The average Bonchev–Trinajstić information content (AvgIpc) is 2.89. The van der Waals surface area contributed by atoms with Crippen LogP contribution < -0.4 is 10.6 Å². The predicted molar refractivity (Wildman–Crippen MR) is 71.0 cm³/mol. The van der Waals surface area contributed by atoms with Gasteiger partial charge in [-0.2, -0.15) is 0 Å². The molecular weight excluding hydrogens is 248 g/mol. The van der Waals surface area contributed by atoms with Crippen LogP contribution in [0.1, 0.15) is 33.6 Å². The highest BCUT2D eigenvalue weighted by atomic mass is 16.5. The molecule has 2 amide bonds. The van der Waals surface area contributed by atoms with E-state index in [0.717, 1.165) is 13.0 Å². The molecule has 110 valence electrons. The Balaban J connectivity index is 2.36. The van der Waals surface area contributed by atoms with Gasteiger partial charge in [-0.1, -0.05) is 6.92 Å². The Bertz CT molecular complexity index is 329. The zero-order valence-electron chi connectivity index (χ0n) is 11.9. The summed E-state index contributed by atoms with van der Waals surface area (Å²) in [7, 11) is 0. The van der Waals surface area contributed by atoms with Gasteiger partial charge in [0.15, 0.2) is 0 Å². The summed E-state index contributed by atoms with van der Waals surface area (Å²) in [6.07, 6.45) is 1.41. The number of carboxylic acid groups (broad SMARTS) is 1. The number of carbonyl (C=O) groups excluding carboxylic acids is 1. The van der Waals surface area contributed by atoms with Gasteiger partial charge in [-0.05, 0) is 26.7 Å². The number of ether oxygens (including phenoxy) is 1. The van der Waals surface area contributed by atoms with Crippen molar-refractivity contribution in [3.05, 3.63) is 0 Å². The molecular formula is C13H24N2O4. The first-order chi connectivity index (χ1) is 8.89. The normalized spacial score (nSPS) is 23.4. The first-order valence-corrected chi connectivity index (χ1v) is 6.74. The van der Waals surface area contributed by atoms with Crippen molar-refractivity contribution in [2.24, 2.45) is 11.3 Å². The molecule has 19 heavy (non-hydrogen) atoms. The lowest BCUT2D eigenvalue weighted by molar-refractivity contribution is -0.147. The summed E-state index contributed by atoms with van der Waals surface area (Å²) in [5.41, 5.74) is -0.920. The van der Waals surface area contributed by atoms with Gasteiger partial charge in [-0.25, -0.2) is 4.79 Å². The molecule has 1 rings (SSSR count). The fourth-order valence-electron chi connectivity index (χ4n) is 1.95. The Morgan fingerprint density at radius 2 is 2.21 bits per heavy atom. The molecule has 3 N–H and O–H groups in total. The Morgan fingerprint density at radius 1 is 1.53 bits per heavy atom. The smallest absolute Gasteiger partial charge is 0.315 e. The maximum Gasteiger partial charge on any atom is 0.315 e. The molecule has 0 spiro atoms. The SMILES string of the molecule is CCC(C)(CNC(=O)NC(C)C1CCOC1)C(=O)O. The van der Waals surface area contributed by atoms with Crippen LogP contribution in [-0.4, -0.2) is 42.9 Å². The molecule has 0 aliphatic carbocycles. The topological polar surface area (TPSA) is 87.7 Å². The van der Waals surface area contributed by atoms with Crippen molar-refractivity contribution < 1.29 is 19.4 Å². The minimum Gasteiger partial charge on any atom is -0.481 e. The van der Waals surface area contributed by atoms with E-state index in [1.165, 1.54) is 0 Å². The molecule has 1 fully saturated rings. The Hall–Kier alpha value is -1.30. The van der Waals surface area contributed by atoms with E-state index in [4.69, 9.17) is 9.84 Å². The number of urea groups is 1. The number of nitrogens with one attached hydrogen (secondary N) is 2. The van der Waals surface area contributed by atoms with Crippen LogP contribution in [-0.2, 0) is 9.53 Å². The third-order valence-electron chi connectivity index (χ3n) is 3.97. The van der Waals surface area contributed by atoms with Crippen LogP contribution in [0.15, 0.2) is 0 Å². The first kappa shape index (κ1) is 15.8. The second-order valence-corrected chi connectivity index (χ2v) is 5.46. The van der Waals surface area contributed by atoms with E-state index in [2.05, 4.69) is 10.6 Å². The Kier molecular flexibility index (Phi) is 5.60. The summed E-state index contributed by atoms with van der Waals surface area (Å²) >= 11 is 0. The maximum absolute atomic E-state index is 11.7. The molecule has 1 saturated heterocycles. The van der Waals surface area contributed by atoms with E-state index in [-0.39, 0.29) is 18.6 Å². The molecule has 1 heterocycles. The highest BCUT2D eigenvalue weighted by Gasteiger charge is 2.32. The highest BCUT2D eigenvalue weighted by Crippen LogP contribution is 2.20. The summed E-state index contributed by atoms with van der Waals surface area (Å²) in [5, 5.41) is 14.6. The zero-order chi connectivity index (χ0) is 14.5. The monoisotopic (exact) mass is 272 g/mol. The molecule has 0 bridgehead atoms. The second kappa shape index (κ2) is 6.75. The van der Waals surface area contributed by atoms with Gasteiger partial charge in [-0.15, -0.1) is 0 Å². The summed E-state index contributed by atoms with van der Waals surface area (Å²) in [5.74, 6) is -0.560. The number of rotatable bonds is 6. The standard InChI is InChI=1S/C13H24N2O4/c1-4-13(3,11(16)17)8-14-12(18)15-9(2)10-5-6-19-7-10/h9-10H,4-8H2,1-3H3,(H,16,17)(H2,14,15,18). The van der Waals surface area contributed by atoms with Crippen LogP contribution in [0.5, 0.6) is 0 Å². The van der Waals surface area contributed by atoms with Crippen molar-refractivity contribution in [3.8, 4) is 0 Å². The molecule has 3 unspecified atom stereocenters. The van der Waals surface area contributed by atoms with Crippen LogP contribution in [0.25, 0.3) is 0 Å². The van der Waals surface area contributed by atoms with E-state index < -0.39 is 11.4 Å². The second-order valence-electron chi connectivity index (χ2n) is 5.46. The van der Waals surface area contributed by atoms with Crippen molar-refractivity contribution >= 4 is 12.0 Å². The van der Waals surface area contributed by atoms with E-state index in [1.807, 2.05) is 6.92 Å². The van der Waals surface area contributed by atoms with Crippen LogP contribution >= 0.6 is 0 Å². The Morgan fingerprint density at radius 3 is 2.68 bits per heavy atom. The van der Waals surface area contributed by atoms with E-state index in [9.17, 15) is 9.59 Å². The van der Waals surface area contributed by atoms with Crippen LogP contribution in [0.2, 0.25) is 0 Å². The highest BCUT2D eigenvalue weighted by molar-refractivity contribution is 5.77. The zero-order valence-corrected chi connectivity index (χ0v) is 11.9. The van der Waals surface area contributed by atoms with Gasteiger partial charge in [0.05, 0.1) is 12.0 Å². The summed E-state index contributed by atoms with van der Waals surface area (Å²) in [4.78, 5) is 22.8. The summed E-state index contributed by atoms with van der Waals surface area (Å²) < 4.78 is 5.27. The lowest BCUT2D eigenvalue weighted by atomic mass is 9.88. The number of carboxylic acids is 1. The lowest BCUT2D eigenvalue weighted by Crippen LogP contribution is -2.48. The number of hydrogen-bond acceptors (Lipinski definition) is 3. The lowest BCUT2D eigenvalue weighted by Gasteiger charge is -2.25. The first-order valence-electron chi connectivity index (χ1n) is 6.74.